The summed E-state index contributed by atoms with van der Waals surface area (Å²) < 4.78 is 26.8. The highest BCUT2D eigenvalue weighted by molar-refractivity contribution is 7.87. The Hall–Kier alpha value is -0.700. The molecule has 1 aliphatic rings. The van der Waals surface area contributed by atoms with Gasteiger partial charge >= 0.3 is 5.97 Å². The van der Waals surface area contributed by atoms with Gasteiger partial charge in [-0.2, -0.15) is 17.4 Å². The molecule has 100 valence electrons. The Morgan fingerprint density at radius 2 is 2.18 bits per heavy atom. The lowest BCUT2D eigenvalue weighted by Gasteiger charge is -2.31. The first-order valence-corrected chi connectivity index (χ1v) is 6.96. The molecule has 1 fully saturated rings. The molecule has 0 saturated carbocycles. The lowest BCUT2D eigenvalue weighted by atomic mass is 10.1. The topological polar surface area (TPSA) is 107 Å². The maximum absolute atomic E-state index is 11.8. The molecule has 0 amide bonds. The average Bonchev–Trinajstić information content (AvgIpc) is 2.26. The van der Waals surface area contributed by atoms with Gasteiger partial charge in [-0.3, -0.25) is 4.79 Å². The van der Waals surface area contributed by atoms with Crippen LogP contribution in [-0.2, 0) is 15.0 Å². The van der Waals surface area contributed by atoms with Gasteiger partial charge < -0.3 is 10.2 Å². The maximum Gasteiger partial charge on any atom is 0.322 e. The summed E-state index contributed by atoms with van der Waals surface area (Å²) in [6, 6.07) is -1.00. The van der Waals surface area contributed by atoms with Gasteiger partial charge in [0.1, 0.15) is 6.04 Å². The van der Waals surface area contributed by atoms with Crippen LogP contribution in [-0.4, -0.2) is 54.1 Å². The molecule has 3 N–H and O–H groups in total. The molecule has 0 bridgehead atoms. The summed E-state index contributed by atoms with van der Waals surface area (Å²) in [6.45, 7) is 1.53. The fraction of sp³-hybridized carbons (Fsp3) is 0.889. The van der Waals surface area contributed by atoms with E-state index in [2.05, 4.69) is 4.72 Å². The molecule has 0 aliphatic carbocycles. The van der Waals surface area contributed by atoms with Gasteiger partial charge in [0.2, 0.25) is 0 Å². The van der Waals surface area contributed by atoms with Crippen molar-refractivity contribution in [2.45, 2.75) is 38.3 Å². The van der Waals surface area contributed by atoms with Gasteiger partial charge in [-0.15, -0.1) is 0 Å². The van der Waals surface area contributed by atoms with E-state index in [-0.39, 0.29) is 13.1 Å². The van der Waals surface area contributed by atoms with Crippen LogP contribution in [0.1, 0.15) is 26.2 Å². The van der Waals surface area contributed by atoms with Crippen molar-refractivity contribution in [3.8, 4) is 0 Å². The minimum absolute atomic E-state index is 0.120. The van der Waals surface area contributed by atoms with Crippen molar-refractivity contribution in [3.05, 3.63) is 0 Å². The van der Waals surface area contributed by atoms with Crippen molar-refractivity contribution in [3.63, 3.8) is 0 Å². The van der Waals surface area contributed by atoms with Gasteiger partial charge in [-0.05, 0) is 26.2 Å². The summed E-state index contributed by atoms with van der Waals surface area (Å²) in [5.41, 5.74) is 0. The first-order chi connectivity index (χ1) is 7.84. The van der Waals surface area contributed by atoms with Crippen molar-refractivity contribution in [2.24, 2.45) is 0 Å². The van der Waals surface area contributed by atoms with Gasteiger partial charge in [0.05, 0.1) is 6.10 Å². The number of rotatable bonds is 5. The Labute approximate surface area is 101 Å². The van der Waals surface area contributed by atoms with Crippen LogP contribution >= 0.6 is 0 Å². The Kier molecular flexibility index (Phi) is 4.87. The van der Waals surface area contributed by atoms with E-state index in [1.54, 1.807) is 0 Å². The molecule has 0 spiro atoms. The smallest absolute Gasteiger partial charge is 0.322 e. The van der Waals surface area contributed by atoms with E-state index in [1.807, 2.05) is 0 Å². The average molecular weight is 266 g/mol. The summed E-state index contributed by atoms with van der Waals surface area (Å²) in [6.07, 6.45) is 0.877. The second-order valence-electron chi connectivity index (χ2n) is 4.16. The zero-order valence-electron chi connectivity index (χ0n) is 9.66. The molecule has 0 aromatic heterocycles. The molecule has 1 unspecified atom stereocenters. The minimum atomic E-state index is -3.83. The molecule has 7 nitrogen and oxygen atoms in total. The number of aliphatic hydroxyl groups excluding tert-OH is 1. The number of carboxylic acids is 1. The highest BCUT2D eigenvalue weighted by Crippen LogP contribution is 2.19. The SMILES string of the molecule is C[C@H](O)CNS(=O)(=O)N1CCCCC1C(=O)O. The van der Waals surface area contributed by atoms with Gasteiger partial charge in [-0.1, -0.05) is 0 Å². The molecule has 0 radical (unpaired) electrons. The number of aliphatic carboxylic acids is 1. The predicted molar refractivity (Wildman–Crippen MR) is 60.6 cm³/mol. The van der Waals surface area contributed by atoms with E-state index in [1.165, 1.54) is 6.92 Å². The van der Waals surface area contributed by atoms with E-state index < -0.39 is 28.3 Å². The molecule has 1 rings (SSSR count). The molecule has 0 aromatic carbocycles. The van der Waals surface area contributed by atoms with Crippen LogP contribution in [0.5, 0.6) is 0 Å². The Bertz CT molecular complexity index is 368. The summed E-state index contributed by atoms with van der Waals surface area (Å²) >= 11 is 0. The predicted octanol–water partition coefficient (Wildman–Crippen LogP) is -0.859. The van der Waals surface area contributed by atoms with Crippen molar-refractivity contribution in [1.82, 2.24) is 9.03 Å². The molecular formula is C9H18N2O5S. The third-order valence-electron chi connectivity index (χ3n) is 2.61. The first kappa shape index (κ1) is 14.4. The Morgan fingerprint density at radius 1 is 1.53 bits per heavy atom. The summed E-state index contributed by atoms with van der Waals surface area (Å²) in [5, 5.41) is 18.0. The normalized spacial score (nSPS) is 24.5. The number of hydrogen-bond acceptors (Lipinski definition) is 4. The monoisotopic (exact) mass is 266 g/mol. The van der Waals surface area contributed by atoms with E-state index in [0.29, 0.717) is 19.3 Å². The molecule has 2 atom stereocenters. The zero-order valence-corrected chi connectivity index (χ0v) is 10.5. The lowest BCUT2D eigenvalue weighted by Crippen LogP contribution is -2.52. The van der Waals surface area contributed by atoms with Crippen LogP contribution in [0, 0.1) is 0 Å². The molecule has 0 aromatic rings. The number of nitrogens with zero attached hydrogens (tertiary/aromatic N) is 1. The quantitative estimate of drug-likeness (QED) is 0.600. The van der Waals surface area contributed by atoms with Gasteiger partial charge in [0, 0.05) is 13.1 Å². The highest BCUT2D eigenvalue weighted by Gasteiger charge is 2.36. The lowest BCUT2D eigenvalue weighted by molar-refractivity contribution is -0.142. The van der Waals surface area contributed by atoms with Crippen LogP contribution in [0.2, 0.25) is 0 Å². The van der Waals surface area contributed by atoms with E-state index in [4.69, 9.17) is 10.2 Å². The van der Waals surface area contributed by atoms with E-state index in [9.17, 15) is 13.2 Å². The molecule has 1 heterocycles. The van der Waals surface area contributed by atoms with Crippen LogP contribution < -0.4 is 4.72 Å². The van der Waals surface area contributed by atoms with Crippen LogP contribution in [0.25, 0.3) is 0 Å². The van der Waals surface area contributed by atoms with Crippen LogP contribution in [0.4, 0.5) is 0 Å². The van der Waals surface area contributed by atoms with E-state index in [0.717, 1.165) is 4.31 Å². The number of carboxylic acid groups (broad SMARTS) is 1. The molecule has 8 heteroatoms. The molecular weight excluding hydrogens is 248 g/mol. The van der Waals surface area contributed by atoms with Gasteiger partial charge in [-0.25, -0.2) is 0 Å². The van der Waals surface area contributed by atoms with Crippen LogP contribution in [0.3, 0.4) is 0 Å². The third kappa shape index (κ3) is 3.91. The number of nitrogens with one attached hydrogen (secondary N) is 1. The van der Waals surface area contributed by atoms with Crippen molar-refractivity contribution in [1.29, 1.82) is 0 Å². The van der Waals surface area contributed by atoms with Crippen molar-refractivity contribution < 1.29 is 23.4 Å². The number of aliphatic hydroxyl groups is 1. The zero-order chi connectivity index (χ0) is 13.1. The largest absolute Gasteiger partial charge is 0.480 e. The summed E-state index contributed by atoms with van der Waals surface area (Å²) in [4.78, 5) is 11.0. The minimum Gasteiger partial charge on any atom is -0.480 e. The fourth-order valence-corrected chi connectivity index (χ4v) is 3.27. The van der Waals surface area contributed by atoms with Crippen molar-refractivity contribution in [2.75, 3.05) is 13.1 Å². The number of piperidine rings is 1. The standard InChI is InChI=1S/C9H18N2O5S/c1-7(12)6-10-17(15,16)11-5-3-2-4-8(11)9(13)14/h7-8,10,12H,2-6H2,1H3,(H,13,14)/t7-,8?/m0/s1. The fourth-order valence-electron chi connectivity index (χ4n) is 1.75. The maximum atomic E-state index is 11.8. The van der Waals surface area contributed by atoms with Gasteiger partial charge in [0.15, 0.2) is 0 Å². The Balaban J connectivity index is 2.76. The third-order valence-corrected chi connectivity index (χ3v) is 4.19. The highest BCUT2D eigenvalue weighted by atomic mass is 32.2. The van der Waals surface area contributed by atoms with Crippen LogP contribution in [0.15, 0.2) is 0 Å². The Morgan fingerprint density at radius 3 is 2.71 bits per heavy atom. The second-order valence-corrected chi connectivity index (χ2v) is 5.87. The van der Waals surface area contributed by atoms with Crippen molar-refractivity contribution >= 4 is 16.2 Å². The first-order valence-electron chi connectivity index (χ1n) is 5.52. The number of carbonyl (C=O) groups is 1. The summed E-state index contributed by atoms with van der Waals surface area (Å²) in [5.74, 6) is -1.13. The summed E-state index contributed by atoms with van der Waals surface area (Å²) in [7, 11) is -3.83. The molecule has 17 heavy (non-hydrogen) atoms. The second kappa shape index (κ2) is 5.76. The van der Waals surface area contributed by atoms with Gasteiger partial charge in [0.25, 0.3) is 10.2 Å². The van der Waals surface area contributed by atoms with E-state index >= 15 is 0 Å². The number of hydrogen-bond donors (Lipinski definition) is 3. The molecule has 1 saturated heterocycles. The molecule has 1 aliphatic heterocycles.